The highest BCUT2D eigenvalue weighted by Crippen LogP contribution is 2.17. The Labute approximate surface area is 132 Å². The third-order valence-corrected chi connectivity index (χ3v) is 2.99. The molecule has 1 N–H and O–H groups in total. The van der Waals surface area contributed by atoms with E-state index in [1.54, 1.807) is 24.3 Å². The van der Waals surface area contributed by atoms with Gasteiger partial charge in [-0.05, 0) is 23.8 Å². The number of amides is 3. The molecule has 3 amide bonds. The highest BCUT2D eigenvalue weighted by Gasteiger charge is 2.35. The van der Waals surface area contributed by atoms with Crippen LogP contribution in [-0.2, 0) is 14.3 Å². The van der Waals surface area contributed by atoms with Crippen LogP contribution in [0.4, 0.5) is 4.79 Å². The van der Waals surface area contributed by atoms with E-state index in [9.17, 15) is 14.4 Å². The molecule has 1 aromatic rings. The molecule has 0 aromatic heterocycles. The van der Waals surface area contributed by atoms with Crippen molar-refractivity contribution in [1.29, 1.82) is 0 Å². The van der Waals surface area contributed by atoms with Gasteiger partial charge in [-0.15, -0.1) is 6.42 Å². The second-order valence-electron chi connectivity index (χ2n) is 4.52. The Hall–Kier alpha value is -3.27. The fourth-order valence-electron chi connectivity index (χ4n) is 1.86. The van der Waals surface area contributed by atoms with Crippen molar-refractivity contribution in [2.45, 2.75) is 0 Å². The van der Waals surface area contributed by atoms with Crippen molar-refractivity contribution in [1.82, 2.24) is 10.2 Å². The highest BCUT2D eigenvalue weighted by atomic mass is 16.5. The molecular formula is C16H14N2O5. The van der Waals surface area contributed by atoms with Gasteiger partial charge in [0.25, 0.3) is 5.91 Å². The first-order valence-electron chi connectivity index (χ1n) is 6.63. The maximum absolute atomic E-state index is 12.1. The van der Waals surface area contributed by atoms with E-state index in [0.29, 0.717) is 11.3 Å². The van der Waals surface area contributed by atoms with Crippen LogP contribution in [-0.4, -0.2) is 43.1 Å². The van der Waals surface area contributed by atoms with Crippen LogP contribution in [0, 0.1) is 12.3 Å². The summed E-state index contributed by atoms with van der Waals surface area (Å²) < 4.78 is 9.69. The molecule has 0 aliphatic carbocycles. The molecule has 0 saturated carbocycles. The lowest BCUT2D eigenvalue weighted by molar-refractivity contribution is -0.143. The van der Waals surface area contributed by atoms with E-state index in [2.05, 4.69) is 16.0 Å². The van der Waals surface area contributed by atoms with Crippen molar-refractivity contribution in [3.63, 3.8) is 0 Å². The molecule has 0 spiro atoms. The van der Waals surface area contributed by atoms with E-state index in [4.69, 9.17) is 11.2 Å². The number of benzene rings is 1. The van der Waals surface area contributed by atoms with Crippen LogP contribution >= 0.6 is 0 Å². The van der Waals surface area contributed by atoms with E-state index in [1.807, 2.05) is 0 Å². The molecule has 1 aliphatic rings. The Morgan fingerprint density at radius 1 is 1.35 bits per heavy atom. The third-order valence-electron chi connectivity index (χ3n) is 2.99. The summed E-state index contributed by atoms with van der Waals surface area (Å²) in [6.07, 6.45) is 6.60. The smallest absolute Gasteiger partial charge is 0.329 e. The standard InChI is InChI=1S/C16H14N2O5/c1-3-8-23-12-6-4-11(5-7-12)9-13-15(20)18(16(21)17-13)10-14(19)22-2/h1,4-7,9H,8,10H2,2H3,(H,17,21)/b13-9+. The summed E-state index contributed by atoms with van der Waals surface area (Å²) in [5.74, 6) is 1.69. The number of hydrogen-bond donors (Lipinski definition) is 1. The molecule has 0 radical (unpaired) electrons. The second-order valence-corrected chi connectivity index (χ2v) is 4.52. The lowest BCUT2D eigenvalue weighted by Gasteiger charge is -2.09. The maximum atomic E-state index is 12.1. The average Bonchev–Trinajstić information content (AvgIpc) is 2.81. The monoisotopic (exact) mass is 314 g/mol. The van der Waals surface area contributed by atoms with Gasteiger partial charge in [0.15, 0.2) is 0 Å². The van der Waals surface area contributed by atoms with Crippen LogP contribution in [0.5, 0.6) is 5.75 Å². The Kier molecular flexibility index (Phi) is 5.00. The molecule has 2 rings (SSSR count). The number of terminal acetylenes is 1. The summed E-state index contributed by atoms with van der Waals surface area (Å²) in [7, 11) is 1.18. The van der Waals surface area contributed by atoms with Gasteiger partial charge in [0.1, 0.15) is 24.6 Å². The van der Waals surface area contributed by atoms with Crippen molar-refractivity contribution >= 4 is 24.0 Å². The number of carbonyl (C=O) groups is 3. The third kappa shape index (κ3) is 3.89. The zero-order valence-electron chi connectivity index (χ0n) is 12.4. The molecule has 1 fully saturated rings. The Balaban J connectivity index is 2.11. The van der Waals surface area contributed by atoms with Gasteiger partial charge in [-0.2, -0.15) is 0 Å². The van der Waals surface area contributed by atoms with Gasteiger partial charge in [-0.25, -0.2) is 9.69 Å². The quantitative estimate of drug-likeness (QED) is 0.375. The zero-order chi connectivity index (χ0) is 16.8. The van der Waals surface area contributed by atoms with Crippen molar-refractivity contribution in [3.8, 4) is 18.1 Å². The lowest BCUT2D eigenvalue weighted by atomic mass is 10.2. The Bertz CT molecular complexity index is 700. The molecule has 1 heterocycles. The van der Waals surface area contributed by atoms with Crippen molar-refractivity contribution in [2.24, 2.45) is 0 Å². The summed E-state index contributed by atoms with van der Waals surface area (Å²) >= 11 is 0. The van der Waals surface area contributed by atoms with E-state index in [-0.39, 0.29) is 12.3 Å². The van der Waals surface area contributed by atoms with Gasteiger partial charge >= 0.3 is 12.0 Å². The van der Waals surface area contributed by atoms with Gasteiger partial charge in [0.05, 0.1) is 7.11 Å². The average molecular weight is 314 g/mol. The first kappa shape index (κ1) is 16.1. The minimum Gasteiger partial charge on any atom is -0.481 e. The van der Waals surface area contributed by atoms with Crippen molar-refractivity contribution in [3.05, 3.63) is 35.5 Å². The second kappa shape index (κ2) is 7.13. The van der Waals surface area contributed by atoms with E-state index >= 15 is 0 Å². The van der Waals surface area contributed by atoms with Gasteiger partial charge in [-0.3, -0.25) is 9.59 Å². The van der Waals surface area contributed by atoms with Crippen LogP contribution < -0.4 is 10.1 Å². The summed E-state index contributed by atoms with van der Waals surface area (Å²) in [6.45, 7) is -0.269. The normalized spacial score (nSPS) is 15.3. The van der Waals surface area contributed by atoms with Crippen molar-refractivity contribution in [2.75, 3.05) is 20.3 Å². The molecule has 0 bridgehead atoms. The molecule has 0 unspecified atom stereocenters. The molecule has 7 nitrogen and oxygen atoms in total. The minimum absolute atomic E-state index is 0.0798. The molecule has 118 valence electrons. The maximum Gasteiger partial charge on any atom is 0.329 e. The summed E-state index contributed by atoms with van der Waals surface area (Å²) in [5, 5.41) is 2.41. The van der Waals surface area contributed by atoms with Crippen LogP contribution in [0.25, 0.3) is 6.08 Å². The number of imide groups is 1. The predicted molar refractivity (Wildman–Crippen MR) is 81.0 cm³/mol. The highest BCUT2D eigenvalue weighted by molar-refractivity contribution is 6.15. The topological polar surface area (TPSA) is 84.9 Å². The summed E-state index contributed by atoms with van der Waals surface area (Å²) in [5.41, 5.74) is 0.762. The molecule has 23 heavy (non-hydrogen) atoms. The number of carbonyl (C=O) groups excluding carboxylic acids is 3. The van der Waals surface area contributed by atoms with Gasteiger partial charge < -0.3 is 14.8 Å². The number of methoxy groups -OCH3 is 1. The number of rotatable bonds is 5. The number of urea groups is 1. The van der Waals surface area contributed by atoms with E-state index in [1.165, 1.54) is 13.2 Å². The van der Waals surface area contributed by atoms with Crippen LogP contribution in [0.15, 0.2) is 30.0 Å². The molecule has 1 aromatic carbocycles. The first-order valence-corrected chi connectivity index (χ1v) is 6.63. The first-order chi connectivity index (χ1) is 11.0. The van der Waals surface area contributed by atoms with E-state index in [0.717, 1.165) is 4.90 Å². The summed E-state index contributed by atoms with van der Waals surface area (Å²) in [6, 6.07) is 6.14. The molecular weight excluding hydrogens is 300 g/mol. The van der Waals surface area contributed by atoms with Crippen LogP contribution in [0.2, 0.25) is 0 Å². The summed E-state index contributed by atoms with van der Waals surface area (Å²) in [4.78, 5) is 35.8. The zero-order valence-corrected chi connectivity index (χ0v) is 12.4. The Morgan fingerprint density at radius 3 is 2.65 bits per heavy atom. The minimum atomic E-state index is -0.676. The van der Waals surface area contributed by atoms with Crippen LogP contribution in [0.3, 0.4) is 0 Å². The number of ether oxygens (including phenoxy) is 2. The van der Waals surface area contributed by atoms with Gasteiger partial charge in [-0.1, -0.05) is 18.1 Å². The van der Waals surface area contributed by atoms with E-state index < -0.39 is 24.5 Å². The van der Waals surface area contributed by atoms with Gasteiger partial charge in [0.2, 0.25) is 0 Å². The molecule has 7 heteroatoms. The number of hydrogen-bond acceptors (Lipinski definition) is 5. The van der Waals surface area contributed by atoms with Crippen LogP contribution in [0.1, 0.15) is 5.56 Å². The Morgan fingerprint density at radius 2 is 2.04 bits per heavy atom. The lowest BCUT2D eigenvalue weighted by Crippen LogP contribution is -2.36. The largest absolute Gasteiger partial charge is 0.481 e. The molecule has 1 saturated heterocycles. The molecule has 0 atom stereocenters. The van der Waals surface area contributed by atoms with Crippen molar-refractivity contribution < 1.29 is 23.9 Å². The SMILES string of the molecule is C#CCOc1ccc(/C=C2/NC(=O)N(CC(=O)OC)C2=O)cc1. The van der Waals surface area contributed by atoms with Gasteiger partial charge in [0, 0.05) is 0 Å². The number of esters is 1. The number of nitrogens with zero attached hydrogens (tertiary/aromatic N) is 1. The fraction of sp³-hybridized carbons (Fsp3) is 0.188. The predicted octanol–water partition coefficient (Wildman–Crippen LogP) is 0.764. The molecule has 1 aliphatic heterocycles. The number of nitrogens with one attached hydrogen (secondary N) is 1. The fourth-order valence-corrected chi connectivity index (χ4v) is 1.86.